The molecule has 1 aromatic rings. The molecule has 2 aliphatic heterocycles. The first kappa shape index (κ1) is 11.2. The third-order valence-electron chi connectivity index (χ3n) is 3.91. The number of anilines is 1. The fourth-order valence-corrected chi connectivity index (χ4v) is 2.98. The monoisotopic (exact) mass is 264 g/mol. The summed E-state index contributed by atoms with van der Waals surface area (Å²) in [7, 11) is 0. The van der Waals surface area contributed by atoms with Crippen molar-refractivity contribution in [2.75, 3.05) is 5.32 Å². The molecule has 0 bridgehead atoms. The van der Waals surface area contributed by atoms with E-state index in [0.717, 1.165) is 11.3 Å². The highest BCUT2D eigenvalue weighted by Crippen LogP contribution is 2.33. The molecular weight excluding hydrogens is 252 g/mol. The number of benzene rings is 1. The summed E-state index contributed by atoms with van der Waals surface area (Å²) in [5.41, 5.74) is 2.87. The summed E-state index contributed by atoms with van der Waals surface area (Å²) in [6.45, 7) is 0. The van der Waals surface area contributed by atoms with Gasteiger partial charge in [0.05, 0.1) is 11.6 Å². The molecule has 2 N–H and O–H groups in total. The fraction of sp³-hybridized carbons (Fsp3) is 0.125. The first-order valence-electron chi connectivity index (χ1n) is 6.55. The van der Waals surface area contributed by atoms with Crippen LogP contribution in [0.4, 0.5) is 5.69 Å². The third-order valence-corrected chi connectivity index (χ3v) is 3.91. The number of allylic oxidation sites excluding steroid dienone is 2. The number of fused-ring (bicyclic) bond motifs is 2. The molecule has 4 heteroatoms. The van der Waals surface area contributed by atoms with E-state index in [4.69, 9.17) is 0 Å². The van der Waals surface area contributed by atoms with Crippen LogP contribution in [0.5, 0.6) is 0 Å². The Morgan fingerprint density at radius 3 is 2.70 bits per heavy atom. The van der Waals surface area contributed by atoms with E-state index >= 15 is 0 Å². The topological polar surface area (TPSA) is 58.2 Å². The Morgan fingerprint density at radius 1 is 1.00 bits per heavy atom. The SMILES string of the molecule is O=C1NC2C=CC=CC2=C1C1Nc2ccccc2C1=O. The van der Waals surface area contributed by atoms with Crippen molar-refractivity contribution in [3.8, 4) is 0 Å². The van der Waals surface area contributed by atoms with E-state index in [2.05, 4.69) is 10.6 Å². The second-order valence-electron chi connectivity index (χ2n) is 5.05. The molecule has 3 aliphatic rings. The Bertz CT molecular complexity index is 728. The number of carbonyl (C=O) groups is 2. The van der Waals surface area contributed by atoms with Gasteiger partial charge in [0.1, 0.15) is 6.04 Å². The normalized spacial score (nSPS) is 26.4. The molecule has 0 aromatic heterocycles. The molecule has 1 aliphatic carbocycles. The molecule has 4 nitrogen and oxygen atoms in total. The van der Waals surface area contributed by atoms with Gasteiger partial charge in [-0.15, -0.1) is 0 Å². The minimum absolute atomic E-state index is 0.0400. The molecule has 0 saturated heterocycles. The van der Waals surface area contributed by atoms with Crippen LogP contribution in [0, 0.1) is 0 Å². The van der Waals surface area contributed by atoms with Crippen molar-refractivity contribution in [1.29, 1.82) is 0 Å². The maximum atomic E-state index is 12.5. The van der Waals surface area contributed by atoms with Gasteiger partial charge in [-0.25, -0.2) is 0 Å². The maximum Gasteiger partial charge on any atom is 0.250 e. The quantitative estimate of drug-likeness (QED) is 0.809. The van der Waals surface area contributed by atoms with E-state index in [1.807, 2.05) is 42.5 Å². The second kappa shape index (κ2) is 3.93. The van der Waals surface area contributed by atoms with Crippen LogP contribution in [0.25, 0.3) is 0 Å². The van der Waals surface area contributed by atoms with Crippen LogP contribution in [0.1, 0.15) is 10.4 Å². The lowest BCUT2D eigenvalue weighted by Gasteiger charge is -2.12. The summed E-state index contributed by atoms with van der Waals surface area (Å²) in [5.74, 6) is -0.207. The predicted octanol–water partition coefficient (Wildman–Crippen LogP) is 1.58. The lowest BCUT2D eigenvalue weighted by molar-refractivity contribution is -0.117. The van der Waals surface area contributed by atoms with Gasteiger partial charge < -0.3 is 10.6 Å². The lowest BCUT2D eigenvalue weighted by Crippen LogP contribution is -2.32. The minimum atomic E-state index is -0.580. The molecule has 20 heavy (non-hydrogen) atoms. The first-order chi connectivity index (χ1) is 9.75. The fourth-order valence-electron chi connectivity index (χ4n) is 2.98. The number of hydrogen-bond donors (Lipinski definition) is 2. The zero-order valence-electron chi connectivity index (χ0n) is 10.6. The van der Waals surface area contributed by atoms with E-state index < -0.39 is 6.04 Å². The molecule has 98 valence electrons. The van der Waals surface area contributed by atoms with Gasteiger partial charge in [0.25, 0.3) is 5.91 Å². The molecule has 1 aromatic carbocycles. The van der Waals surface area contributed by atoms with Gasteiger partial charge in [0.2, 0.25) is 0 Å². The number of amides is 1. The summed E-state index contributed by atoms with van der Waals surface area (Å²) in [6, 6.07) is 6.67. The maximum absolute atomic E-state index is 12.5. The number of hydrogen-bond acceptors (Lipinski definition) is 3. The van der Waals surface area contributed by atoms with E-state index in [9.17, 15) is 9.59 Å². The Labute approximate surface area is 115 Å². The van der Waals surface area contributed by atoms with Gasteiger partial charge in [-0.05, 0) is 17.7 Å². The molecule has 1 amide bonds. The minimum Gasteiger partial charge on any atom is -0.371 e. The van der Waals surface area contributed by atoms with Gasteiger partial charge in [0, 0.05) is 11.3 Å². The summed E-state index contributed by atoms with van der Waals surface area (Å²) >= 11 is 0. The molecule has 4 rings (SSSR count). The number of nitrogens with one attached hydrogen (secondary N) is 2. The van der Waals surface area contributed by atoms with Crippen LogP contribution in [0.15, 0.2) is 59.7 Å². The van der Waals surface area contributed by atoms with Crippen molar-refractivity contribution in [3.63, 3.8) is 0 Å². The summed E-state index contributed by atoms with van der Waals surface area (Å²) in [4.78, 5) is 24.7. The number of para-hydroxylation sites is 1. The van der Waals surface area contributed by atoms with Crippen LogP contribution in [0.3, 0.4) is 0 Å². The second-order valence-corrected chi connectivity index (χ2v) is 5.05. The van der Waals surface area contributed by atoms with Crippen molar-refractivity contribution in [2.45, 2.75) is 12.1 Å². The van der Waals surface area contributed by atoms with Crippen LogP contribution in [-0.4, -0.2) is 23.8 Å². The van der Waals surface area contributed by atoms with Crippen LogP contribution in [-0.2, 0) is 4.79 Å². The summed E-state index contributed by atoms with van der Waals surface area (Å²) in [6.07, 6.45) is 7.61. The molecule has 2 atom stereocenters. The van der Waals surface area contributed by atoms with E-state index in [0.29, 0.717) is 11.1 Å². The zero-order valence-corrected chi connectivity index (χ0v) is 10.6. The molecule has 0 fully saturated rings. The van der Waals surface area contributed by atoms with Gasteiger partial charge in [-0.3, -0.25) is 9.59 Å². The van der Waals surface area contributed by atoms with Crippen molar-refractivity contribution >= 4 is 17.4 Å². The molecule has 0 spiro atoms. The number of carbonyl (C=O) groups excluding carboxylic acids is 2. The molecule has 0 radical (unpaired) electrons. The Balaban J connectivity index is 1.80. The highest BCUT2D eigenvalue weighted by molar-refractivity contribution is 6.18. The van der Waals surface area contributed by atoms with Crippen molar-refractivity contribution in [1.82, 2.24) is 5.32 Å². The van der Waals surface area contributed by atoms with Gasteiger partial charge in [-0.2, -0.15) is 0 Å². The third kappa shape index (κ3) is 1.42. The van der Waals surface area contributed by atoms with Crippen LogP contribution >= 0.6 is 0 Å². The van der Waals surface area contributed by atoms with Crippen LogP contribution < -0.4 is 10.6 Å². The van der Waals surface area contributed by atoms with Gasteiger partial charge in [0.15, 0.2) is 5.78 Å². The number of ketones is 1. The van der Waals surface area contributed by atoms with E-state index in [1.165, 1.54) is 0 Å². The summed E-state index contributed by atoms with van der Waals surface area (Å²) in [5, 5.41) is 6.05. The van der Waals surface area contributed by atoms with E-state index in [1.54, 1.807) is 6.07 Å². The standard InChI is InChI=1S/C16H12N2O2/c19-15-10-6-2-4-8-12(10)17-14(15)13-9-5-1-3-7-11(9)18-16(13)20/h1-8,11,14,17H,(H,18,20). The van der Waals surface area contributed by atoms with Crippen molar-refractivity contribution in [3.05, 3.63) is 65.3 Å². The Kier molecular flexibility index (Phi) is 2.21. The number of rotatable bonds is 1. The smallest absolute Gasteiger partial charge is 0.250 e. The first-order valence-corrected chi connectivity index (χ1v) is 6.55. The average Bonchev–Trinajstić information content (AvgIpc) is 2.96. The highest BCUT2D eigenvalue weighted by atomic mass is 16.2. The van der Waals surface area contributed by atoms with Gasteiger partial charge >= 0.3 is 0 Å². The van der Waals surface area contributed by atoms with Gasteiger partial charge in [-0.1, -0.05) is 36.4 Å². The predicted molar refractivity (Wildman–Crippen MR) is 75.4 cm³/mol. The molecular formula is C16H12N2O2. The number of Topliss-reactive ketones (excluding diaryl/α,β-unsaturated/α-hetero) is 1. The largest absolute Gasteiger partial charge is 0.371 e. The van der Waals surface area contributed by atoms with E-state index in [-0.39, 0.29) is 17.7 Å². The zero-order chi connectivity index (χ0) is 13.7. The molecule has 2 unspecified atom stereocenters. The Hall–Kier alpha value is -2.62. The lowest BCUT2D eigenvalue weighted by atomic mass is 9.94. The Morgan fingerprint density at radius 2 is 1.85 bits per heavy atom. The highest BCUT2D eigenvalue weighted by Gasteiger charge is 2.41. The molecule has 0 saturated carbocycles. The van der Waals surface area contributed by atoms with Crippen molar-refractivity contribution < 1.29 is 9.59 Å². The summed E-state index contributed by atoms with van der Waals surface area (Å²) < 4.78 is 0. The molecule has 2 heterocycles. The van der Waals surface area contributed by atoms with Crippen molar-refractivity contribution in [2.24, 2.45) is 0 Å². The van der Waals surface area contributed by atoms with Crippen LogP contribution in [0.2, 0.25) is 0 Å². The average molecular weight is 264 g/mol.